The van der Waals surface area contributed by atoms with Crippen molar-refractivity contribution in [2.24, 2.45) is 23.7 Å². The molecule has 2 aliphatic carbocycles. The van der Waals surface area contributed by atoms with Gasteiger partial charge in [0.1, 0.15) is 0 Å². The van der Waals surface area contributed by atoms with E-state index in [1.54, 1.807) is 6.92 Å². The standard InChI is InChI=1S/C15H28O3/c1-9(2)10-5-7-14(3,17)11-6-8-15(4,18)13(16)12(10)11/h9-13,16-18H,5-8H2,1-4H3/t10-,11+,12-,13+,14-,15-/m0/s1. The first-order valence-corrected chi connectivity index (χ1v) is 7.29. The van der Waals surface area contributed by atoms with Gasteiger partial charge in [-0.3, -0.25) is 0 Å². The topological polar surface area (TPSA) is 60.7 Å². The molecule has 2 fully saturated rings. The fraction of sp³-hybridized carbons (Fsp3) is 1.00. The van der Waals surface area contributed by atoms with Crippen LogP contribution >= 0.6 is 0 Å². The van der Waals surface area contributed by atoms with Gasteiger partial charge in [-0.15, -0.1) is 0 Å². The summed E-state index contributed by atoms with van der Waals surface area (Å²) in [7, 11) is 0. The van der Waals surface area contributed by atoms with E-state index in [0.29, 0.717) is 18.3 Å². The van der Waals surface area contributed by atoms with Crippen molar-refractivity contribution in [2.75, 3.05) is 0 Å². The summed E-state index contributed by atoms with van der Waals surface area (Å²) in [5, 5.41) is 31.4. The van der Waals surface area contributed by atoms with Crippen LogP contribution in [-0.4, -0.2) is 32.6 Å². The lowest BCUT2D eigenvalue weighted by molar-refractivity contribution is -0.201. The minimum absolute atomic E-state index is 0.0255. The smallest absolute Gasteiger partial charge is 0.0880 e. The molecule has 3 nitrogen and oxygen atoms in total. The molecule has 106 valence electrons. The number of hydrogen-bond donors (Lipinski definition) is 3. The van der Waals surface area contributed by atoms with Gasteiger partial charge in [0, 0.05) is 0 Å². The molecule has 6 atom stereocenters. The zero-order valence-electron chi connectivity index (χ0n) is 12.1. The molecule has 2 saturated carbocycles. The number of rotatable bonds is 1. The lowest BCUT2D eigenvalue weighted by Crippen LogP contribution is -2.60. The Morgan fingerprint density at radius 1 is 1.00 bits per heavy atom. The van der Waals surface area contributed by atoms with Crippen molar-refractivity contribution in [3.8, 4) is 0 Å². The van der Waals surface area contributed by atoms with E-state index >= 15 is 0 Å². The van der Waals surface area contributed by atoms with Gasteiger partial charge in [0.05, 0.1) is 17.3 Å². The van der Waals surface area contributed by atoms with E-state index in [-0.39, 0.29) is 11.8 Å². The van der Waals surface area contributed by atoms with Crippen LogP contribution in [0, 0.1) is 23.7 Å². The molecule has 0 heterocycles. The molecule has 18 heavy (non-hydrogen) atoms. The first kappa shape index (κ1) is 14.3. The second-order valence-corrected chi connectivity index (χ2v) is 7.33. The monoisotopic (exact) mass is 256 g/mol. The Labute approximate surface area is 110 Å². The Balaban J connectivity index is 2.32. The average molecular weight is 256 g/mol. The van der Waals surface area contributed by atoms with E-state index in [4.69, 9.17) is 0 Å². The molecule has 0 aromatic carbocycles. The van der Waals surface area contributed by atoms with Gasteiger partial charge in [-0.25, -0.2) is 0 Å². The summed E-state index contributed by atoms with van der Waals surface area (Å²) in [6, 6.07) is 0. The molecule has 0 amide bonds. The summed E-state index contributed by atoms with van der Waals surface area (Å²) in [5.41, 5.74) is -1.69. The summed E-state index contributed by atoms with van der Waals surface area (Å²) < 4.78 is 0. The minimum Gasteiger partial charge on any atom is -0.390 e. The van der Waals surface area contributed by atoms with Gasteiger partial charge in [-0.1, -0.05) is 13.8 Å². The first-order valence-electron chi connectivity index (χ1n) is 7.29. The lowest BCUT2D eigenvalue weighted by Gasteiger charge is -2.55. The van der Waals surface area contributed by atoms with Crippen molar-refractivity contribution >= 4 is 0 Å². The van der Waals surface area contributed by atoms with Gasteiger partial charge in [0.15, 0.2) is 0 Å². The Bertz CT molecular complexity index is 307. The average Bonchev–Trinajstić information content (AvgIpc) is 2.23. The molecular weight excluding hydrogens is 228 g/mol. The van der Waals surface area contributed by atoms with Gasteiger partial charge in [0.25, 0.3) is 0 Å². The van der Waals surface area contributed by atoms with E-state index in [0.717, 1.165) is 19.3 Å². The second kappa shape index (κ2) is 4.46. The third kappa shape index (κ3) is 2.21. The highest BCUT2D eigenvalue weighted by Gasteiger charge is 2.55. The predicted octanol–water partition coefficient (Wildman–Crippen LogP) is 1.94. The first-order chi connectivity index (χ1) is 8.17. The third-order valence-corrected chi connectivity index (χ3v) is 5.56. The van der Waals surface area contributed by atoms with Gasteiger partial charge in [0.2, 0.25) is 0 Å². The zero-order chi connectivity index (χ0) is 13.7. The fourth-order valence-electron chi connectivity index (χ4n) is 4.30. The van der Waals surface area contributed by atoms with E-state index in [9.17, 15) is 15.3 Å². The number of hydrogen-bond acceptors (Lipinski definition) is 3. The highest BCUT2D eigenvalue weighted by molar-refractivity contribution is 5.05. The van der Waals surface area contributed by atoms with Gasteiger partial charge in [-0.05, 0) is 63.2 Å². The molecular formula is C15H28O3. The van der Waals surface area contributed by atoms with Crippen LogP contribution in [0.15, 0.2) is 0 Å². The molecule has 0 aliphatic heterocycles. The van der Waals surface area contributed by atoms with Crippen LogP contribution in [0.25, 0.3) is 0 Å². The van der Waals surface area contributed by atoms with Crippen LogP contribution in [0.2, 0.25) is 0 Å². The molecule has 0 bridgehead atoms. The van der Waals surface area contributed by atoms with E-state index in [2.05, 4.69) is 13.8 Å². The molecule has 0 aromatic heterocycles. The molecule has 0 radical (unpaired) electrons. The summed E-state index contributed by atoms with van der Waals surface area (Å²) in [5.74, 6) is 1.03. The number of fused-ring (bicyclic) bond motifs is 1. The molecule has 0 unspecified atom stereocenters. The lowest BCUT2D eigenvalue weighted by atomic mass is 9.54. The molecule has 3 N–H and O–H groups in total. The molecule has 0 saturated heterocycles. The van der Waals surface area contributed by atoms with Crippen LogP contribution in [-0.2, 0) is 0 Å². The summed E-state index contributed by atoms with van der Waals surface area (Å²) >= 11 is 0. The zero-order valence-corrected chi connectivity index (χ0v) is 12.1. The van der Waals surface area contributed by atoms with Crippen LogP contribution in [0.1, 0.15) is 53.4 Å². The van der Waals surface area contributed by atoms with Crippen LogP contribution in [0.5, 0.6) is 0 Å². The summed E-state index contributed by atoms with van der Waals surface area (Å²) in [4.78, 5) is 0. The summed E-state index contributed by atoms with van der Waals surface area (Å²) in [6.07, 6.45) is 2.43. The molecule has 2 rings (SSSR count). The van der Waals surface area contributed by atoms with Crippen molar-refractivity contribution < 1.29 is 15.3 Å². The van der Waals surface area contributed by atoms with Crippen molar-refractivity contribution in [3.05, 3.63) is 0 Å². The van der Waals surface area contributed by atoms with Gasteiger partial charge >= 0.3 is 0 Å². The quantitative estimate of drug-likeness (QED) is 0.672. The Hall–Kier alpha value is -0.120. The maximum absolute atomic E-state index is 10.6. The second-order valence-electron chi connectivity index (χ2n) is 7.33. The predicted molar refractivity (Wildman–Crippen MR) is 71.0 cm³/mol. The number of aliphatic hydroxyl groups is 3. The number of aliphatic hydroxyl groups excluding tert-OH is 1. The molecule has 0 aromatic rings. The maximum atomic E-state index is 10.6. The molecule has 3 heteroatoms. The molecule has 2 aliphatic rings. The summed E-state index contributed by atoms with van der Waals surface area (Å²) in [6.45, 7) is 7.98. The van der Waals surface area contributed by atoms with Crippen molar-refractivity contribution in [2.45, 2.75) is 70.7 Å². The van der Waals surface area contributed by atoms with Crippen LogP contribution < -0.4 is 0 Å². The third-order valence-electron chi connectivity index (χ3n) is 5.56. The Kier molecular flexibility index (Phi) is 3.54. The van der Waals surface area contributed by atoms with Crippen molar-refractivity contribution in [1.82, 2.24) is 0 Å². The maximum Gasteiger partial charge on any atom is 0.0880 e. The van der Waals surface area contributed by atoms with Gasteiger partial charge in [-0.2, -0.15) is 0 Å². The van der Waals surface area contributed by atoms with E-state index in [1.807, 2.05) is 6.92 Å². The largest absolute Gasteiger partial charge is 0.390 e. The van der Waals surface area contributed by atoms with Crippen molar-refractivity contribution in [1.29, 1.82) is 0 Å². The normalized spacial score (nSPS) is 53.3. The Morgan fingerprint density at radius 3 is 2.11 bits per heavy atom. The van der Waals surface area contributed by atoms with Gasteiger partial charge < -0.3 is 15.3 Å². The molecule has 0 spiro atoms. The highest BCUT2D eigenvalue weighted by atomic mass is 16.3. The fourth-order valence-corrected chi connectivity index (χ4v) is 4.30. The minimum atomic E-state index is -0.998. The SMILES string of the molecule is CC(C)[C@@H]1CC[C@](C)(O)[C@@H]2CC[C@](C)(O)[C@H](O)[C@H]21. The Morgan fingerprint density at radius 2 is 1.56 bits per heavy atom. The van der Waals surface area contributed by atoms with E-state index < -0.39 is 17.3 Å². The van der Waals surface area contributed by atoms with E-state index in [1.165, 1.54) is 0 Å². The van der Waals surface area contributed by atoms with Crippen molar-refractivity contribution in [3.63, 3.8) is 0 Å². The van der Waals surface area contributed by atoms with Crippen LogP contribution in [0.4, 0.5) is 0 Å². The van der Waals surface area contributed by atoms with Crippen LogP contribution in [0.3, 0.4) is 0 Å². The highest BCUT2D eigenvalue weighted by Crippen LogP contribution is 2.52.